The zero-order chi connectivity index (χ0) is 21.0. The van der Waals surface area contributed by atoms with Gasteiger partial charge in [0.15, 0.2) is 17.3 Å². The van der Waals surface area contributed by atoms with E-state index in [9.17, 15) is 9.18 Å². The van der Waals surface area contributed by atoms with E-state index in [1.807, 2.05) is 0 Å². The molecule has 0 aliphatic carbocycles. The lowest BCUT2D eigenvalue weighted by Crippen LogP contribution is -2.43. The van der Waals surface area contributed by atoms with Crippen LogP contribution >= 0.6 is 0 Å². The van der Waals surface area contributed by atoms with Crippen LogP contribution in [0.2, 0.25) is 0 Å². The first kappa shape index (κ1) is 18.8. The maximum atomic E-state index is 13.5. The van der Waals surface area contributed by atoms with Crippen LogP contribution in [0.4, 0.5) is 4.39 Å². The summed E-state index contributed by atoms with van der Waals surface area (Å²) in [7, 11) is 3.10. The topological polar surface area (TPSA) is 63.2 Å². The molecule has 3 heterocycles. The molecule has 3 atom stereocenters. The highest BCUT2D eigenvalue weighted by Crippen LogP contribution is 2.49. The van der Waals surface area contributed by atoms with E-state index in [0.717, 1.165) is 5.56 Å². The minimum absolute atomic E-state index is 0.0398. The molecule has 2 unspecified atom stereocenters. The second-order valence-electron chi connectivity index (χ2n) is 7.64. The molecular weight excluding hydrogens is 391 g/mol. The molecule has 3 aliphatic heterocycles. The molecule has 7 heteroatoms. The van der Waals surface area contributed by atoms with Crippen LogP contribution in [-0.4, -0.2) is 38.8 Å². The Labute approximate surface area is 173 Å². The van der Waals surface area contributed by atoms with Crippen LogP contribution < -0.4 is 23.7 Å². The summed E-state index contributed by atoms with van der Waals surface area (Å²) in [6, 6.07) is 7.00. The molecule has 0 spiro atoms. The number of benzene rings is 2. The number of carbonyl (C=O) groups is 1. The molecule has 0 N–H and O–H groups in total. The molecule has 3 aliphatic rings. The number of halogens is 1. The third kappa shape index (κ3) is 2.65. The van der Waals surface area contributed by atoms with Crippen LogP contribution in [0.15, 0.2) is 36.2 Å². The fraction of sp³-hybridized carbons (Fsp3) is 0.348. The van der Waals surface area contributed by atoms with Gasteiger partial charge in [-0.15, -0.1) is 0 Å². The van der Waals surface area contributed by atoms with E-state index < -0.39 is 18.1 Å². The molecule has 6 nitrogen and oxygen atoms in total. The molecule has 0 amide bonds. The van der Waals surface area contributed by atoms with Crippen molar-refractivity contribution >= 4 is 5.78 Å². The van der Waals surface area contributed by atoms with Crippen molar-refractivity contribution in [1.29, 1.82) is 0 Å². The lowest BCUT2D eigenvalue weighted by atomic mass is 9.81. The van der Waals surface area contributed by atoms with Crippen LogP contribution in [0, 0.1) is 0 Å². The molecule has 5 rings (SSSR count). The van der Waals surface area contributed by atoms with Crippen molar-refractivity contribution < 1.29 is 32.9 Å². The van der Waals surface area contributed by atoms with E-state index in [4.69, 9.17) is 23.7 Å². The van der Waals surface area contributed by atoms with E-state index in [2.05, 4.69) is 0 Å². The molecule has 2 aromatic carbocycles. The van der Waals surface area contributed by atoms with Crippen molar-refractivity contribution in [1.82, 2.24) is 0 Å². The Kier molecular flexibility index (Phi) is 4.34. The quantitative estimate of drug-likeness (QED) is 0.759. The maximum Gasteiger partial charge on any atom is 0.178 e. The van der Waals surface area contributed by atoms with E-state index in [1.165, 1.54) is 0 Å². The molecule has 0 aromatic heterocycles. The number of Topliss-reactive ketones (excluding diaryl/α,β-unsaturated/α-hetero) is 1. The van der Waals surface area contributed by atoms with Gasteiger partial charge in [-0.2, -0.15) is 0 Å². The van der Waals surface area contributed by atoms with Crippen molar-refractivity contribution in [3.63, 3.8) is 0 Å². The average Bonchev–Trinajstić information content (AvgIpc) is 3.22. The first-order chi connectivity index (χ1) is 14.5. The lowest BCUT2D eigenvalue weighted by molar-refractivity contribution is 0.0554. The number of ketones is 1. The lowest BCUT2D eigenvalue weighted by Gasteiger charge is -2.37. The Morgan fingerprint density at radius 1 is 1.13 bits per heavy atom. The fourth-order valence-electron chi connectivity index (χ4n) is 4.39. The first-order valence-electron chi connectivity index (χ1n) is 9.74. The van der Waals surface area contributed by atoms with Gasteiger partial charge in [-0.1, -0.05) is 0 Å². The Morgan fingerprint density at radius 3 is 2.63 bits per heavy atom. The van der Waals surface area contributed by atoms with Gasteiger partial charge in [-0.25, -0.2) is 4.39 Å². The average molecular weight is 412 g/mol. The highest BCUT2D eigenvalue weighted by molar-refractivity contribution is 6.06. The van der Waals surface area contributed by atoms with Crippen molar-refractivity contribution in [2.45, 2.75) is 31.5 Å². The van der Waals surface area contributed by atoms with Gasteiger partial charge in [0.1, 0.15) is 36.1 Å². The monoisotopic (exact) mass is 412 g/mol. The highest BCUT2D eigenvalue weighted by Gasteiger charge is 2.45. The summed E-state index contributed by atoms with van der Waals surface area (Å²) in [4.78, 5) is 13.5. The van der Waals surface area contributed by atoms with Crippen molar-refractivity contribution in [3.05, 3.63) is 52.9 Å². The van der Waals surface area contributed by atoms with Crippen LogP contribution in [0.3, 0.4) is 0 Å². The second-order valence-corrected chi connectivity index (χ2v) is 7.64. The van der Waals surface area contributed by atoms with Crippen LogP contribution in [0.1, 0.15) is 34.3 Å². The standard InChI is InChI=1S/C23H21FO6/c1-11(9-24)16-7-14-15(29-16)5-4-12-22(25)21-13-6-18(26-2)19(27-3)8-17(13)28-10-20(21)30-23(12)14/h4-6,8-9,16,20-21H,7,10H2,1-3H3/b11-9+/t16-,20?,21?/m0/s1. The van der Waals surface area contributed by atoms with Crippen LogP contribution in [-0.2, 0) is 6.42 Å². The fourth-order valence-corrected chi connectivity index (χ4v) is 4.39. The number of methoxy groups -OCH3 is 2. The summed E-state index contributed by atoms with van der Waals surface area (Å²) in [5.41, 5.74) is 2.51. The summed E-state index contributed by atoms with van der Waals surface area (Å²) in [5.74, 6) is 2.24. The number of ether oxygens (including phenoxy) is 5. The van der Waals surface area contributed by atoms with Gasteiger partial charge >= 0.3 is 0 Å². The highest BCUT2D eigenvalue weighted by atomic mass is 19.1. The summed E-state index contributed by atoms with van der Waals surface area (Å²) >= 11 is 0. The third-order valence-corrected chi connectivity index (χ3v) is 6.00. The van der Waals surface area contributed by atoms with Gasteiger partial charge in [0.25, 0.3) is 0 Å². The number of carbonyl (C=O) groups excluding carboxylic acids is 1. The van der Waals surface area contributed by atoms with Crippen molar-refractivity contribution in [3.8, 4) is 28.7 Å². The zero-order valence-corrected chi connectivity index (χ0v) is 16.9. The van der Waals surface area contributed by atoms with Gasteiger partial charge in [0.2, 0.25) is 0 Å². The minimum Gasteiger partial charge on any atom is -0.493 e. The SMILES string of the molecule is COc1cc2c(cc1OC)C1C(=O)c3ccc4c(c3OC1CO2)C[C@@H](/C(C)=C/F)O4. The largest absolute Gasteiger partial charge is 0.493 e. The van der Waals surface area contributed by atoms with Gasteiger partial charge in [-0.05, 0) is 30.7 Å². The molecule has 0 saturated heterocycles. The minimum atomic E-state index is -0.510. The van der Waals surface area contributed by atoms with Crippen molar-refractivity contribution in [2.75, 3.05) is 20.8 Å². The molecule has 0 fully saturated rings. The molecule has 0 bridgehead atoms. The Hall–Kier alpha value is -3.22. The predicted octanol–water partition coefficient (Wildman–Crippen LogP) is 4.00. The Morgan fingerprint density at radius 2 is 1.90 bits per heavy atom. The normalized spacial score (nSPS) is 23.8. The van der Waals surface area contributed by atoms with Gasteiger partial charge < -0.3 is 23.7 Å². The molecule has 156 valence electrons. The third-order valence-electron chi connectivity index (χ3n) is 6.00. The molecule has 0 saturated carbocycles. The number of hydrogen-bond donors (Lipinski definition) is 0. The van der Waals surface area contributed by atoms with E-state index >= 15 is 0 Å². The molecule has 30 heavy (non-hydrogen) atoms. The van der Waals surface area contributed by atoms with E-state index in [1.54, 1.807) is 45.4 Å². The smallest absolute Gasteiger partial charge is 0.178 e. The van der Waals surface area contributed by atoms with Gasteiger partial charge in [0, 0.05) is 23.6 Å². The Bertz CT molecular complexity index is 1080. The molecular formula is C23H21FO6. The second kappa shape index (κ2) is 6.93. The summed E-state index contributed by atoms with van der Waals surface area (Å²) in [6.45, 7) is 1.91. The molecule has 0 radical (unpaired) electrons. The van der Waals surface area contributed by atoms with Crippen molar-refractivity contribution in [2.24, 2.45) is 0 Å². The zero-order valence-electron chi connectivity index (χ0n) is 16.9. The maximum absolute atomic E-state index is 13.5. The number of rotatable bonds is 3. The first-order valence-corrected chi connectivity index (χ1v) is 9.74. The van der Waals surface area contributed by atoms with Gasteiger partial charge in [0.05, 0.1) is 32.0 Å². The number of fused-ring (bicyclic) bond motifs is 6. The summed E-state index contributed by atoms with van der Waals surface area (Å²) in [6.07, 6.45) is 0.142. The number of hydrogen-bond acceptors (Lipinski definition) is 6. The van der Waals surface area contributed by atoms with Crippen LogP contribution in [0.25, 0.3) is 0 Å². The summed E-state index contributed by atoms with van der Waals surface area (Å²) < 4.78 is 41.8. The summed E-state index contributed by atoms with van der Waals surface area (Å²) in [5, 5.41) is 0. The van der Waals surface area contributed by atoms with E-state index in [0.29, 0.717) is 58.2 Å². The van der Waals surface area contributed by atoms with E-state index in [-0.39, 0.29) is 12.4 Å². The predicted molar refractivity (Wildman–Crippen MR) is 106 cm³/mol. The van der Waals surface area contributed by atoms with Gasteiger partial charge in [-0.3, -0.25) is 4.79 Å². The van der Waals surface area contributed by atoms with Crippen LogP contribution in [0.5, 0.6) is 28.7 Å². The Balaban J connectivity index is 1.56. The molecule has 2 aromatic rings.